The third-order valence-corrected chi connectivity index (χ3v) is 7.14. The second kappa shape index (κ2) is 8.19. The highest BCUT2D eigenvalue weighted by molar-refractivity contribution is 7.89. The lowest BCUT2D eigenvalue weighted by Crippen LogP contribution is -2.60. The van der Waals surface area contributed by atoms with E-state index in [0.29, 0.717) is 30.0 Å². The Morgan fingerprint density at radius 3 is 2.45 bits per heavy atom. The largest absolute Gasteiger partial charge is 0.486 e. The van der Waals surface area contributed by atoms with Gasteiger partial charge in [-0.15, -0.1) is 4.72 Å². The van der Waals surface area contributed by atoms with Crippen molar-refractivity contribution in [3.05, 3.63) is 53.6 Å². The van der Waals surface area contributed by atoms with Crippen molar-refractivity contribution in [1.82, 2.24) is 4.72 Å². The second-order valence-corrected chi connectivity index (χ2v) is 9.41. The van der Waals surface area contributed by atoms with Crippen molar-refractivity contribution in [1.29, 1.82) is 0 Å². The fourth-order valence-electron chi connectivity index (χ4n) is 4.10. The minimum atomic E-state index is -4.68. The van der Waals surface area contributed by atoms with Crippen LogP contribution in [0.5, 0.6) is 11.5 Å². The van der Waals surface area contributed by atoms with Crippen molar-refractivity contribution in [3.63, 3.8) is 0 Å². The maximum Gasteiger partial charge on any atom is 0.416 e. The summed E-state index contributed by atoms with van der Waals surface area (Å²) in [6, 6.07) is 7.44. The molecule has 12 heteroatoms. The van der Waals surface area contributed by atoms with E-state index in [1.165, 1.54) is 6.07 Å². The van der Waals surface area contributed by atoms with Gasteiger partial charge < -0.3 is 19.3 Å². The van der Waals surface area contributed by atoms with Gasteiger partial charge in [-0.25, -0.2) is 13.2 Å². The van der Waals surface area contributed by atoms with E-state index in [0.717, 1.165) is 31.9 Å². The summed E-state index contributed by atoms with van der Waals surface area (Å²) in [7, 11) is -3.76. The van der Waals surface area contributed by atoms with Crippen molar-refractivity contribution in [2.75, 3.05) is 7.11 Å². The molecule has 0 saturated heterocycles. The molecule has 3 atom stereocenters. The molecule has 8 nitrogen and oxygen atoms in total. The molecule has 33 heavy (non-hydrogen) atoms. The van der Waals surface area contributed by atoms with Gasteiger partial charge in [0.15, 0.2) is 11.5 Å². The fraction of sp³-hybridized carbons (Fsp3) is 0.381. The normalized spacial score (nSPS) is 21.6. The Morgan fingerprint density at radius 1 is 1.15 bits per heavy atom. The molecule has 0 radical (unpaired) electrons. The number of carboxylic acids is 1. The van der Waals surface area contributed by atoms with Crippen LogP contribution in [0.2, 0.25) is 0 Å². The van der Waals surface area contributed by atoms with E-state index in [-0.39, 0.29) is 17.8 Å². The summed E-state index contributed by atoms with van der Waals surface area (Å²) < 4.78 is 82.2. The molecule has 2 aromatic rings. The predicted molar refractivity (Wildman–Crippen MR) is 107 cm³/mol. The minimum absolute atomic E-state index is 0.0405. The molecule has 0 bridgehead atoms. The summed E-state index contributed by atoms with van der Waals surface area (Å²) in [5, 5.41) is 9.79. The van der Waals surface area contributed by atoms with Crippen LogP contribution in [-0.4, -0.2) is 38.6 Å². The van der Waals surface area contributed by atoms with Gasteiger partial charge in [-0.1, -0.05) is 12.1 Å². The molecule has 1 aliphatic carbocycles. The summed E-state index contributed by atoms with van der Waals surface area (Å²) in [4.78, 5) is 11.5. The van der Waals surface area contributed by atoms with Crippen LogP contribution >= 0.6 is 0 Å². The van der Waals surface area contributed by atoms with Crippen molar-refractivity contribution in [2.24, 2.45) is 0 Å². The molecule has 0 spiro atoms. The molecule has 1 fully saturated rings. The molecule has 178 valence electrons. The molecule has 2 N–H and O–H groups in total. The summed E-state index contributed by atoms with van der Waals surface area (Å²) in [5.74, 6) is -4.33. The monoisotopic (exact) mass is 487 g/mol. The van der Waals surface area contributed by atoms with Gasteiger partial charge >= 0.3 is 18.1 Å². The second-order valence-electron chi connectivity index (χ2n) is 7.72. The topological polar surface area (TPSA) is 111 Å². The first-order valence-electron chi connectivity index (χ1n) is 9.95. The molecule has 0 aromatic heterocycles. The standard InChI is InChI=1S/C21H20F3NO7S/c1-30-21(19(26)27,25-33(28,29)13-10-8-12(9-11-13)20(22,23)24)32-17-7-3-5-15-14-4-2-6-16(14)31-18(15)17/h3,5,7-11,14,16,25H,2,4,6H2,1H3,(H,26,27). The van der Waals surface area contributed by atoms with Gasteiger partial charge in [0.05, 0.1) is 10.5 Å². The van der Waals surface area contributed by atoms with Crippen LogP contribution in [0.1, 0.15) is 36.3 Å². The van der Waals surface area contributed by atoms with E-state index in [2.05, 4.69) is 0 Å². The molecular formula is C21H20F3NO7S. The minimum Gasteiger partial charge on any atom is -0.486 e. The van der Waals surface area contributed by atoms with E-state index in [9.17, 15) is 31.5 Å². The highest BCUT2D eigenvalue weighted by atomic mass is 32.2. The van der Waals surface area contributed by atoms with Crippen LogP contribution < -0.4 is 14.2 Å². The number of benzene rings is 2. The first-order chi connectivity index (χ1) is 15.5. The van der Waals surface area contributed by atoms with E-state index in [4.69, 9.17) is 14.2 Å². The van der Waals surface area contributed by atoms with Gasteiger partial charge in [0.1, 0.15) is 6.10 Å². The third kappa shape index (κ3) is 4.25. The van der Waals surface area contributed by atoms with E-state index in [1.54, 1.807) is 6.07 Å². The van der Waals surface area contributed by atoms with Gasteiger partial charge in [0, 0.05) is 18.6 Å². The van der Waals surface area contributed by atoms with Crippen LogP contribution in [0.4, 0.5) is 13.2 Å². The number of hydrogen-bond donors (Lipinski definition) is 2. The number of carbonyl (C=O) groups is 1. The number of nitrogens with one attached hydrogen (secondary N) is 1. The van der Waals surface area contributed by atoms with Gasteiger partial charge in [-0.05, 0) is 49.6 Å². The Hall–Kier alpha value is -2.83. The number of rotatable bonds is 7. The number of carboxylic acid groups (broad SMARTS) is 1. The number of aliphatic carboxylic acids is 1. The Kier molecular flexibility index (Phi) is 5.79. The maximum atomic E-state index is 12.8. The first kappa shape index (κ1) is 23.3. The Labute approximate surface area is 187 Å². The molecule has 0 amide bonds. The zero-order valence-electron chi connectivity index (χ0n) is 17.3. The molecule has 1 saturated carbocycles. The smallest absolute Gasteiger partial charge is 0.416 e. The van der Waals surface area contributed by atoms with Crippen LogP contribution in [-0.2, 0) is 25.7 Å². The van der Waals surface area contributed by atoms with Crippen molar-refractivity contribution in [2.45, 2.75) is 48.3 Å². The fourth-order valence-corrected chi connectivity index (χ4v) is 5.28. The van der Waals surface area contributed by atoms with Crippen molar-refractivity contribution in [3.8, 4) is 11.5 Å². The average molecular weight is 487 g/mol. The van der Waals surface area contributed by atoms with E-state index >= 15 is 0 Å². The van der Waals surface area contributed by atoms with Gasteiger partial charge in [0.25, 0.3) is 0 Å². The molecule has 1 aliphatic heterocycles. The number of halogens is 3. The number of fused-ring (bicyclic) bond motifs is 3. The number of methoxy groups -OCH3 is 1. The lowest BCUT2D eigenvalue weighted by atomic mass is 9.97. The number of para-hydroxylation sites is 1. The van der Waals surface area contributed by atoms with E-state index in [1.807, 2.05) is 10.8 Å². The third-order valence-electron chi connectivity index (χ3n) is 5.71. The number of hydrogen-bond acceptors (Lipinski definition) is 6. The number of alkyl halides is 3. The van der Waals surface area contributed by atoms with Crippen LogP contribution in [0.3, 0.4) is 0 Å². The molecule has 2 aromatic carbocycles. The van der Waals surface area contributed by atoms with Crippen LogP contribution in [0, 0.1) is 0 Å². The van der Waals surface area contributed by atoms with Gasteiger partial charge in [-0.3, -0.25) is 0 Å². The predicted octanol–water partition coefficient (Wildman–Crippen LogP) is 3.48. The zero-order chi connectivity index (χ0) is 24.0. The van der Waals surface area contributed by atoms with E-state index < -0.39 is 38.5 Å². The average Bonchev–Trinajstić information content (AvgIpc) is 3.35. The summed E-state index contributed by atoms with van der Waals surface area (Å²) >= 11 is 0. The highest BCUT2D eigenvalue weighted by Gasteiger charge is 2.48. The van der Waals surface area contributed by atoms with Crippen molar-refractivity contribution >= 4 is 16.0 Å². The molecule has 3 unspecified atom stereocenters. The number of ether oxygens (including phenoxy) is 3. The lowest BCUT2D eigenvalue weighted by molar-refractivity contribution is -0.207. The molecule has 1 heterocycles. The SMILES string of the molecule is COC(NS(=O)(=O)c1ccc(C(F)(F)F)cc1)(Oc1cccc2c1OC1CCCC21)C(=O)O. The molecule has 2 aliphatic rings. The Balaban J connectivity index is 1.65. The summed E-state index contributed by atoms with van der Waals surface area (Å²) in [6.45, 7) is 0. The first-order valence-corrected chi connectivity index (χ1v) is 11.4. The highest BCUT2D eigenvalue weighted by Crippen LogP contribution is 2.51. The quantitative estimate of drug-likeness (QED) is 0.576. The lowest BCUT2D eigenvalue weighted by Gasteiger charge is -2.29. The van der Waals surface area contributed by atoms with Crippen LogP contribution in [0.25, 0.3) is 0 Å². The van der Waals surface area contributed by atoms with Crippen molar-refractivity contribution < 1.29 is 45.7 Å². The Morgan fingerprint density at radius 2 is 1.85 bits per heavy atom. The molecule has 4 rings (SSSR count). The molecular weight excluding hydrogens is 467 g/mol. The summed E-state index contributed by atoms with van der Waals surface area (Å²) in [6.07, 6.45) is -2.02. The Bertz CT molecular complexity index is 1170. The van der Waals surface area contributed by atoms with Crippen LogP contribution in [0.15, 0.2) is 47.4 Å². The van der Waals surface area contributed by atoms with Gasteiger partial charge in [0.2, 0.25) is 10.0 Å². The summed E-state index contributed by atoms with van der Waals surface area (Å²) in [5.41, 5.74) is -0.229. The number of sulfonamides is 1. The zero-order valence-corrected chi connectivity index (χ0v) is 18.1. The maximum absolute atomic E-state index is 12.8. The van der Waals surface area contributed by atoms with Gasteiger partial charge in [-0.2, -0.15) is 13.2 Å².